The van der Waals surface area contributed by atoms with Crippen molar-refractivity contribution < 1.29 is 9.90 Å². The van der Waals surface area contributed by atoms with Crippen LogP contribution in [-0.4, -0.2) is 22.0 Å². The Bertz CT molecular complexity index is 533. The summed E-state index contributed by atoms with van der Waals surface area (Å²) in [6.45, 7) is 0. The van der Waals surface area contributed by atoms with Crippen LogP contribution < -0.4 is 11.5 Å². The van der Waals surface area contributed by atoms with Crippen LogP contribution in [0.25, 0.3) is 10.9 Å². The van der Waals surface area contributed by atoms with Crippen LogP contribution in [0.4, 0.5) is 0 Å². The first kappa shape index (κ1) is 10.5. The van der Waals surface area contributed by atoms with Gasteiger partial charge in [-0.15, -0.1) is 0 Å². The molecule has 0 bridgehead atoms. The third-order valence-electron chi connectivity index (χ3n) is 2.56. The molecule has 0 aliphatic carbocycles. The molecule has 5 heteroatoms. The van der Waals surface area contributed by atoms with Crippen molar-refractivity contribution in [2.75, 3.05) is 0 Å². The second-order valence-electron chi connectivity index (χ2n) is 3.76. The second kappa shape index (κ2) is 3.86. The van der Waals surface area contributed by atoms with E-state index in [4.69, 9.17) is 11.5 Å². The number of rotatable bonds is 3. The van der Waals surface area contributed by atoms with Crippen molar-refractivity contribution in [3.8, 4) is 5.75 Å². The number of aromatic nitrogens is 1. The van der Waals surface area contributed by atoms with Crippen molar-refractivity contribution in [1.29, 1.82) is 0 Å². The maximum atomic E-state index is 10.9. The molecule has 0 radical (unpaired) electrons. The zero-order valence-electron chi connectivity index (χ0n) is 8.60. The molecular weight excluding hydrogens is 206 g/mol. The number of primary amides is 1. The highest BCUT2D eigenvalue weighted by Crippen LogP contribution is 2.23. The standard InChI is InChI=1S/C11H13N3O2/c12-9(11(13)16)3-6-5-14-10-2-1-7(15)4-8(6)10/h1-2,4-5,9,14-15H,3,12H2,(H2,13,16)/t9-/m1/s1. The fourth-order valence-electron chi connectivity index (χ4n) is 1.67. The van der Waals surface area contributed by atoms with Crippen LogP contribution in [0, 0.1) is 0 Å². The highest BCUT2D eigenvalue weighted by molar-refractivity contribution is 5.86. The monoisotopic (exact) mass is 219 g/mol. The fourth-order valence-corrected chi connectivity index (χ4v) is 1.67. The molecule has 1 amide bonds. The Kier molecular flexibility index (Phi) is 2.54. The number of amides is 1. The van der Waals surface area contributed by atoms with Crippen molar-refractivity contribution in [2.24, 2.45) is 11.5 Å². The van der Waals surface area contributed by atoms with Crippen LogP contribution in [0.3, 0.4) is 0 Å². The number of hydrogen-bond donors (Lipinski definition) is 4. The minimum atomic E-state index is -0.707. The molecule has 16 heavy (non-hydrogen) atoms. The van der Waals surface area contributed by atoms with Crippen LogP contribution in [0.5, 0.6) is 5.75 Å². The number of hydrogen-bond acceptors (Lipinski definition) is 3. The molecule has 2 rings (SSSR count). The van der Waals surface area contributed by atoms with E-state index in [9.17, 15) is 9.90 Å². The van der Waals surface area contributed by atoms with E-state index in [0.717, 1.165) is 16.5 Å². The first-order valence-electron chi connectivity index (χ1n) is 4.92. The average molecular weight is 219 g/mol. The summed E-state index contributed by atoms with van der Waals surface area (Å²) in [5.41, 5.74) is 12.5. The molecule has 2 aromatic rings. The molecule has 1 aromatic heterocycles. The SMILES string of the molecule is NC(=O)[C@H](N)Cc1c[nH]c2ccc(O)cc12. The van der Waals surface area contributed by atoms with Gasteiger partial charge in [0.2, 0.25) is 5.91 Å². The summed E-state index contributed by atoms with van der Waals surface area (Å²) in [4.78, 5) is 13.9. The van der Waals surface area contributed by atoms with Gasteiger partial charge < -0.3 is 21.6 Å². The highest BCUT2D eigenvalue weighted by Gasteiger charge is 2.13. The lowest BCUT2D eigenvalue weighted by Gasteiger charge is -2.05. The van der Waals surface area contributed by atoms with E-state index in [-0.39, 0.29) is 5.75 Å². The van der Waals surface area contributed by atoms with Crippen molar-refractivity contribution >= 4 is 16.8 Å². The highest BCUT2D eigenvalue weighted by atomic mass is 16.3. The molecule has 0 saturated heterocycles. The van der Waals surface area contributed by atoms with Gasteiger partial charge in [-0.3, -0.25) is 4.79 Å². The Morgan fingerprint density at radius 2 is 2.25 bits per heavy atom. The number of phenolic OH excluding ortho intramolecular Hbond substituents is 1. The van der Waals surface area contributed by atoms with Gasteiger partial charge in [0.05, 0.1) is 6.04 Å². The van der Waals surface area contributed by atoms with Gasteiger partial charge in [0.25, 0.3) is 0 Å². The molecule has 0 saturated carbocycles. The zero-order valence-corrected chi connectivity index (χ0v) is 8.60. The van der Waals surface area contributed by atoms with Gasteiger partial charge in [-0.2, -0.15) is 0 Å². The van der Waals surface area contributed by atoms with E-state index in [1.165, 1.54) is 0 Å². The molecule has 0 aliphatic rings. The number of H-pyrrole nitrogens is 1. The minimum absolute atomic E-state index is 0.181. The van der Waals surface area contributed by atoms with Crippen LogP contribution in [0.1, 0.15) is 5.56 Å². The molecule has 1 aromatic carbocycles. The van der Waals surface area contributed by atoms with E-state index in [2.05, 4.69) is 4.98 Å². The van der Waals surface area contributed by atoms with E-state index in [1.807, 2.05) is 0 Å². The molecule has 84 valence electrons. The molecular formula is C11H13N3O2. The molecule has 0 aliphatic heterocycles. The van der Waals surface area contributed by atoms with Gasteiger partial charge in [-0.1, -0.05) is 0 Å². The van der Waals surface area contributed by atoms with Gasteiger partial charge >= 0.3 is 0 Å². The Labute approximate surface area is 92.1 Å². The Hall–Kier alpha value is -2.01. The van der Waals surface area contributed by atoms with Crippen molar-refractivity contribution in [1.82, 2.24) is 4.98 Å². The zero-order chi connectivity index (χ0) is 11.7. The van der Waals surface area contributed by atoms with Crippen LogP contribution in [0.2, 0.25) is 0 Å². The summed E-state index contributed by atoms with van der Waals surface area (Å²) in [7, 11) is 0. The molecule has 1 heterocycles. The topological polar surface area (TPSA) is 105 Å². The Morgan fingerprint density at radius 1 is 1.50 bits per heavy atom. The maximum absolute atomic E-state index is 10.9. The minimum Gasteiger partial charge on any atom is -0.508 e. The number of benzene rings is 1. The molecule has 1 atom stereocenters. The normalized spacial score (nSPS) is 12.8. The Balaban J connectivity index is 2.37. The average Bonchev–Trinajstić information content (AvgIpc) is 2.61. The van der Waals surface area contributed by atoms with Gasteiger partial charge in [0.15, 0.2) is 0 Å². The lowest BCUT2D eigenvalue weighted by molar-refractivity contribution is -0.119. The third-order valence-corrected chi connectivity index (χ3v) is 2.56. The lowest BCUT2D eigenvalue weighted by atomic mass is 10.1. The molecule has 0 unspecified atom stereocenters. The number of carbonyl (C=O) groups is 1. The number of fused-ring (bicyclic) bond motifs is 1. The predicted molar refractivity (Wildman–Crippen MR) is 60.8 cm³/mol. The molecule has 0 spiro atoms. The van der Waals surface area contributed by atoms with Crippen LogP contribution in [0.15, 0.2) is 24.4 Å². The summed E-state index contributed by atoms with van der Waals surface area (Å²) in [6, 6.07) is 4.29. The van der Waals surface area contributed by atoms with Crippen molar-refractivity contribution in [3.63, 3.8) is 0 Å². The van der Waals surface area contributed by atoms with Gasteiger partial charge in [-0.05, 0) is 30.2 Å². The summed E-state index contributed by atoms with van der Waals surface area (Å²) in [6.07, 6.45) is 2.13. The summed E-state index contributed by atoms with van der Waals surface area (Å²) >= 11 is 0. The first-order chi connectivity index (χ1) is 7.58. The summed E-state index contributed by atoms with van der Waals surface area (Å²) in [5.74, 6) is -0.351. The van der Waals surface area contributed by atoms with Crippen LogP contribution >= 0.6 is 0 Å². The molecule has 5 nitrogen and oxygen atoms in total. The van der Waals surface area contributed by atoms with Gasteiger partial charge in [-0.25, -0.2) is 0 Å². The summed E-state index contributed by atoms with van der Waals surface area (Å²) < 4.78 is 0. The number of aromatic hydroxyl groups is 1. The maximum Gasteiger partial charge on any atom is 0.234 e. The number of nitrogens with two attached hydrogens (primary N) is 2. The number of carbonyl (C=O) groups excluding carboxylic acids is 1. The molecule has 0 fully saturated rings. The second-order valence-corrected chi connectivity index (χ2v) is 3.76. The first-order valence-corrected chi connectivity index (χ1v) is 4.92. The summed E-state index contributed by atoms with van der Waals surface area (Å²) in [5, 5.41) is 10.2. The molecule has 6 N–H and O–H groups in total. The van der Waals surface area contributed by atoms with E-state index < -0.39 is 11.9 Å². The number of aromatic amines is 1. The number of nitrogens with one attached hydrogen (secondary N) is 1. The van der Waals surface area contributed by atoms with E-state index in [1.54, 1.807) is 24.4 Å². The lowest BCUT2D eigenvalue weighted by Crippen LogP contribution is -2.38. The third kappa shape index (κ3) is 1.85. The van der Waals surface area contributed by atoms with Gasteiger partial charge in [0.1, 0.15) is 5.75 Å². The van der Waals surface area contributed by atoms with Crippen LogP contribution in [-0.2, 0) is 11.2 Å². The quantitative estimate of drug-likeness (QED) is 0.593. The van der Waals surface area contributed by atoms with E-state index in [0.29, 0.717) is 6.42 Å². The Morgan fingerprint density at radius 3 is 2.94 bits per heavy atom. The fraction of sp³-hybridized carbons (Fsp3) is 0.182. The smallest absolute Gasteiger partial charge is 0.234 e. The largest absolute Gasteiger partial charge is 0.508 e. The van der Waals surface area contributed by atoms with Crippen molar-refractivity contribution in [2.45, 2.75) is 12.5 Å². The number of phenols is 1. The van der Waals surface area contributed by atoms with Crippen molar-refractivity contribution in [3.05, 3.63) is 30.0 Å². The van der Waals surface area contributed by atoms with Gasteiger partial charge in [0, 0.05) is 17.1 Å². The predicted octanol–water partition coefficient (Wildman–Crippen LogP) is 0.229. The van der Waals surface area contributed by atoms with E-state index >= 15 is 0 Å².